The molecule has 2 rings (SSSR count). The molecule has 2 aromatic rings. The molecule has 0 spiro atoms. The van der Waals surface area contributed by atoms with Crippen molar-refractivity contribution in [3.05, 3.63) is 42.0 Å². The van der Waals surface area contributed by atoms with Crippen LogP contribution in [0.1, 0.15) is 24.7 Å². The quantitative estimate of drug-likeness (QED) is 0.616. The zero-order valence-electron chi connectivity index (χ0n) is 11.9. The summed E-state index contributed by atoms with van der Waals surface area (Å²) in [6.45, 7) is 2.84. The van der Waals surface area contributed by atoms with Crippen molar-refractivity contribution in [2.24, 2.45) is 5.84 Å². The molecule has 6 heteroatoms. The summed E-state index contributed by atoms with van der Waals surface area (Å²) in [4.78, 5) is 15.1. The van der Waals surface area contributed by atoms with Crippen molar-refractivity contribution in [2.75, 3.05) is 17.4 Å². The Morgan fingerprint density at radius 1 is 1.35 bits per heavy atom. The summed E-state index contributed by atoms with van der Waals surface area (Å²) in [5.41, 5.74) is 3.73. The van der Waals surface area contributed by atoms with Crippen LogP contribution in [0.3, 0.4) is 0 Å². The maximum absolute atomic E-state index is 5.47. The Morgan fingerprint density at radius 2 is 2.20 bits per heavy atom. The minimum absolute atomic E-state index is 0.636. The van der Waals surface area contributed by atoms with Crippen molar-refractivity contribution >= 4 is 11.6 Å². The number of aryl methyl sites for hydroxylation is 1. The van der Waals surface area contributed by atoms with Crippen LogP contribution in [-0.4, -0.2) is 22.0 Å². The van der Waals surface area contributed by atoms with Gasteiger partial charge in [-0.1, -0.05) is 13.0 Å². The van der Waals surface area contributed by atoms with E-state index in [0.717, 1.165) is 36.6 Å². The second-order valence-corrected chi connectivity index (χ2v) is 4.64. The zero-order chi connectivity index (χ0) is 14.4. The van der Waals surface area contributed by atoms with Gasteiger partial charge in [0.25, 0.3) is 0 Å². The monoisotopic (exact) mass is 272 g/mol. The SMILES string of the molecule is CCCc1nc(NN)cc(N(C)Cc2cccnc2)n1. The lowest BCUT2D eigenvalue weighted by molar-refractivity contribution is 0.811. The van der Waals surface area contributed by atoms with Crippen molar-refractivity contribution < 1.29 is 0 Å². The van der Waals surface area contributed by atoms with E-state index in [4.69, 9.17) is 5.84 Å². The van der Waals surface area contributed by atoms with Crippen LogP contribution in [0.4, 0.5) is 11.6 Å². The highest BCUT2D eigenvalue weighted by molar-refractivity contribution is 5.48. The number of hydrogen-bond donors (Lipinski definition) is 2. The Balaban J connectivity index is 2.19. The summed E-state index contributed by atoms with van der Waals surface area (Å²) < 4.78 is 0. The number of nitrogens with zero attached hydrogens (tertiary/aromatic N) is 4. The number of nitrogens with one attached hydrogen (secondary N) is 1. The van der Waals surface area contributed by atoms with E-state index in [1.807, 2.05) is 31.4 Å². The molecule has 106 valence electrons. The van der Waals surface area contributed by atoms with E-state index in [0.29, 0.717) is 5.82 Å². The van der Waals surface area contributed by atoms with Crippen LogP contribution < -0.4 is 16.2 Å². The molecule has 0 aliphatic heterocycles. The Kier molecular flexibility index (Phi) is 4.84. The summed E-state index contributed by atoms with van der Waals surface area (Å²) in [6, 6.07) is 5.81. The third-order valence-corrected chi connectivity index (χ3v) is 2.91. The van der Waals surface area contributed by atoms with E-state index in [-0.39, 0.29) is 0 Å². The molecular formula is C14H20N6. The van der Waals surface area contributed by atoms with Crippen LogP contribution >= 0.6 is 0 Å². The third kappa shape index (κ3) is 3.64. The first-order chi connectivity index (χ1) is 9.72. The van der Waals surface area contributed by atoms with Crippen molar-refractivity contribution in [1.82, 2.24) is 15.0 Å². The van der Waals surface area contributed by atoms with Gasteiger partial charge in [-0.25, -0.2) is 15.8 Å². The first-order valence-electron chi connectivity index (χ1n) is 6.67. The molecule has 0 radical (unpaired) electrons. The summed E-state index contributed by atoms with van der Waals surface area (Å²) >= 11 is 0. The normalized spacial score (nSPS) is 10.3. The summed E-state index contributed by atoms with van der Waals surface area (Å²) in [6.07, 6.45) is 5.46. The fourth-order valence-electron chi connectivity index (χ4n) is 1.93. The molecule has 3 N–H and O–H groups in total. The molecule has 0 aliphatic carbocycles. The van der Waals surface area contributed by atoms with Crippen LogP contribution in [0.25, 0.3) is 0 Å². The average Bonchev–Trinajstić information content (AvgIpc) is 2.48. The minimum Gasteiger partial charge on any atom is -0.355 e. The number of hydrazine groups is 1. The summed E-state index contributed by atoms with van der Waals surface area (Å²) in [7, 11) is 1.99. The number of rotatable bonds is 6. The van der Waals surface area contributed by atoms with Crippen LogP contribution in [0.15, 0.2) is 30.6 Å². The van der Waals surface area contributed by atoms with Gasteiger partial charge in [0.2, 0.25) is 0 Å². The number of pyridine rings is 1. The number of nitrogen functional groups attached to an aromatic ring is 1. The van der Waals surface area contributed by atoms with Gasteiger partial charge in [0.15, 0.2) is 0 Å². The van der Waals surface area contributed by atoms with Crippen molar-refractivity contribution in [1.29, 1.82) is 0 Å². The predicted octanol–water partition coefficient (Wildman–Crippen LogP) is 1.75. The second kappa shape index (κ2) is 6.81. The van der Waals surface area contributed by atoms with Gasteiger partial charge in [-0.3, -0.25) is 4.98 Å². The van der Waals surface area contributed by atoms with Gasteiger partial charge in [-0.2, -0.15) is 0 Å². The Labute approximate surface area is 119 Å². The number of hydrogen-bond acceptors (Lipinski definition) is 6. The maximum Gasteiger partial charge on any atom is 0.145 e. The number of aromatic nitrogens is 3. The highest BCUT2D eigenvalue weighted by atomic mass is 15.3. The van der Waals surface area contributed by atoms with Crippen LogP contribution in [0.5, 0.6) is 0 Å². The molecule has 2 aromatic heterocycles. The summed E-state index contributed by atoms with van der Waals surface area (Å²) in [5.74, 6) is 7.75. The standard InChI is InChI=1S/C14H20N6/c1-3-5-12-17-13(19-15)8-14(18-12)20(2)10-11-6-4-7-16-9-11/h4,6-9H,3,5,10,15H2,1-2H3,(H,17,18,19). The largest absolute Gasteiger partial charge is 0.355 e. The highest BCUT2D eigenvalue weighted by Gasteiger charge is 2.08. The van der Waals surface area contributed by atoms with E-state index in [2.05, 4.69) is 32.2 Å². The number of anilines is 2. The van der Waals surface area contributed by atoms with Crippen molar-refractivity contribution in [2.45, 2.75) is 26.3 Å². The molecule has 0 saturated carbocycles. The molecule has 6 nitrogen and oxygen atoms in total. The molecule has 0 aromatic carbocycles. The first-order valence-corrected chi connectivity index (χ1v) is 6.67. The molecule has 0 bridgehead atoms. The minimum atomic E-state index is 0.636. The Hall–Kier alpha value is -2.21. The Morgan fingerprint density at radius 3 is 2.85 bits per heavy atom. The molecule has 2 heterocycles. The smallest absolute Gasteiger partial charge is 0.145 e. The topological polar surface area (TPSA) is 80.0 Å². The van der Waals surface area contributed by atoms with Gasteiger partial charge in [0.1, 0.15) is 17.5 Å². The third-order valence-electron chi connectivity index (χ3n) is 2.91. The van der Waals surface area contributed by atoms with Crippen LogP contribution in [0, 0.1) is 0 Å². The average molecular weight is 272 g/mol. The molecule has 0 atom stereocenters. The van der Waals surface area contributed by atoms with Gasteiger partial charge >= 0.3 is 0 Å². The maximum atomic E-state index is 5.47. The van der Waals surface area contributed by atoms with Gasteiger partial charge < -0.3 is 10.3 Å². The van der Waals surface area contributed by atoms with E-state index in [1.54, 1.807) is 6.20 Å². The predicted molar refractivity (Wildman–Crippen MR) is 80.2 cm³/mol. The van der Waals surface area contributed by atoms with Gasteiger partial charge in [-0.05, 0) is 18.1 Å². The van der Waals surface area contributed by atoms with Crippen molar-refractivity contribution in [3.8, 4) is 0 Å². The molecule has 0 aliphatic rings. The number of nitrogens with two attached hydrogens (primary N) is 1. The molecule has 20 heavy (non-hydrogen) atoms. The highest BCUT2D eigenvalue weighted by Crippen LogP contribution is 2.17. The van der Waals surface area contributed by atoms with Crippen LogP contribution in [-0.2, 0) is 13.0 Å². The molecule has 0 amide bonds. The van der Waals surface area contributed by atoms with Crippen molar-refractivity contribution in [3.63, 3.8) is 0 Å². The van der Waals surface area contributed by atoms with E-state index in [9.17, 15) is 0 Å². The lowest BCUT2D eigenvalue weighted by Gasteiger charge is -2.19. The van der Waals surface area contributed by atoms with E-state index in [1.165, 1.54) is 0 Å². The van der Waals surface area contributed by atoms with Crippen LogP contribution in [0.2, 0.25) is 0 Å². The summed E-state index contributed by atoms with van der Waals surface area (Å²) in [5, 5.41) is 0. The van der Waals surface area contributed by atoms with E-state index < -0.39 is 0 Å². The van der Waals surface area contributed by atoms with Gasteiger partial charge in [0.05, 0.1) is 0 Å². The fourth-order valence-corrected chi connectivity index (χ4v) is 1.93. The second-order valence-electron chi connectivity index (χ2n) is 4.64. The lowest BCUT2D eigenvalue weighted by Crippen LogP contribution is -2.20. The molecular weight excluding hydrogens is 252 g/mol. The zero-order valence-corrected chi connectivity index (χ0v) is 11.9. The fraction of sp³-hybridized carbons (Fsp3) is 0.357. The van der Waals surface area contributed by atoms with E-state index >= 15 is 0 Å². The molecule has 0 saturated heterocycles. The molecule has 0 unspecified atom stereocenters. The Bertz CT molecular complexity index is 543. The van der Waals surface area contributed by atoms with Gasteiger partial charge in [0, 0.05) is 38.5 Å². The molecule has 0 fully saturated rings. The lowest BCUT2D eigenvalue weighted by atomic mass is 10.2. The first kappa shape index (κ1) is 14.2. The van der Waals surface area contributed by atoms with Gasteiger partial charge in [-0.15, -0.1) is 0 Å².